The van der Waals surface area contributed by atoms with E-state index in [-0.39, 0.29) is 5.91 Å². The van der Waals surface area contributed by atoms with Gasteiger partial charge in [0.1, 0.15) is 5.75 Å². The fourth-order valence-corrected chi connectivity index (χ4v) is 4.34. The van der Waals surface area contributed by atoms with Crippen molar-refractivity contribution in [2.24, 2.45) is 0 Å². The van der Waals surface area contributed by atoms with Crippen molar-refractivity contribution in [1.29, 1.82) is 0 Å². The molecular formula is C21H22N4O2S. The van der Waals surface area contributed by atoms with Crippen LogP contribution in [0.25, 0.3) is 11.4 Å². The molecule has 2 aromatic carbocycles. The van der Waals surface area contributed by atoms with Gasteiger partial charge in [-0.2, -0.15) is 0 Å². The summed E-state index contributed by atoms with van der Waals surface area (Å²) in [6.45, 7) is 3.52. The second-order valence-electron chi connectivity index (χ2n) is 6.50. The Morgan fingerprint density at radius 3 is 2.86 bits per heavy atom. The van der Waals surface area contributed by atoms with Crippen LogP contribution in [0.5, 0.6) is 5.75 Å². The number of para-hydroxylation sites is 1. The minimum atomic E-state index is 0.100. The Bertz CT molecular complexity index is 1000. The highest BCUT2D eigenvalue weighted by molar-refractivity contribution is 7.99. The van der Waals surface area contributed by atoms with Crippen LogP contribution in [0, 0.1) is 0 Å². The molecule has 0 saturated carbocycles. The normalized spacial score (nSPS) is 12.9. The van der Waals surface area contributed by atoms with E-state index in [0.717, 1.165) is 47.5 Å². The second kappa shape index (κ2) is 8.06. The molecule has 1 amide bonds. The number of hydrogen-bond acceptors (Lipinski definition) is 5. The summed E-state index contributed by atoms with van der Waals surface area (Å²) in [4.78, 5) is 14.6. The molecule has 0 fully saturated rings. The first-order valence-corrected chi connectivity index (χ1v) is 10.3. The highest BCUT2D eigenvalue weighted by Crippen LogP contribution is 2.30. The van der Waals surface area contributed by atoms with Gasteiger partial charge in [0.15, 0.2) is 11.0 Å². The lowest BCUT2D eigenvalue weighted by Crippen LogP contribution is -2.30. The molecule has 1 aromatic heterocycles. The van der Waals surface area contributed by atoms with Crippen LogP contribution in [-0.2, 0) is 17.8 Å². The average molecular weight is 395 g/mol. The van der Waals surface area contributed by atoms with Gasteiger partial charge in [0.25, 0.3) is 0 Å². The number of ether oxygens (including phenoxy) is 1. The number of nitrogens with zero attached hydrogens (tertiary/aromatic N) is 4. The third-order valence-corrected chi connectivity index (χ3v) is 5.83. The Balaban J connectivity index is 1.50. The lowest BCUT2D eigenvalue weighted by atomic mass is 10.2. The smallest absolute Gasteiger partial charge is 0.237 e. The van der Waals surface area contributed by atoms with Crippen LogP contribution in [-0.4, -0.2) is 40.1 Å². The van der Waals surface area contributed by atoms with Crippen molar-refractivity contribution < 1.29 is 9.53 Å². The molecule has 2 heterocycles. The van der Waals surface area contributed by atoms with E-state index in [2.05, 4.69) is 23.2 Å². The van der Waals surface area contributed by atoms with Crippen LogP contribution in [0.1, 0.15) is 12.5 Å². The van der Waals surface area contributed by atoms with Crippen molar-refractivity contribution >= 4 is 23.4 Å². The van der Waals surface area contributed by atoms with Crippen molar-refractivity contribution in [3.8, 4) is 17.1 Å². The fraction of sp³-hybridized carbons (Fsp3) is 0.286. The molecule has 0 spiro atoms. The van der Waals surface area contributed by atoms with Crippen LogP contribution < -0.4 is 9.64 Å². The van der Waals surface area contributed by atoms with Crippen LogP contribution >= 0.6 is 11.8 Å². The number of anilines is 1. The molecule has 0 aliphatic carbocycles. The monoisotopic (exact) mass is 394 g/mol. The zero-order valence-electron chi connectivity index (χ0n) is 16.0. The first-order valence-electron chi connectivity index (χ1n) is 9.30. The Morgan fingerprint density at radius 1 is 1.18 bits per heavy atom. The molecule has 4 rings (SSSR count). The van der Waals surface area contributed by atoms with Gasteiger partial charge in [0.05, 0.1) is 12.9 Å². The van der Waals surface area contributed by atoms with Crippen LogP contribution in [0.15, 0.2) is 53.7 Å². The number of rotatable bonds is 6. The number of benzene rings is 2. The van der Waals surface area contributed by atoms with Crippen LogP contribution in [0.4, 0.5) is 5.69 Å². The average Bonchev–Trinajstić information content (AvgIpc) is 3.36. The molecule has 1 aliphatic heterocycles. The molecule has 0 radical (unpaired) electrons. The lowest BCUT2D eigenvalue weighted by Gasteiger charge is -2.17. The molecule has 0 atom stereocenters. The maximum absolute atomic E-state index is 12.8. The Morgan fingerprint density at radius 2 is 2.04 bits per heavy atom. The topological polar surface area (TPSA) is 60.2 Å². The Labute approximate surface area is 168 Å². The first kappa shape index (κ1) is 18.6. The minimum absolute atomic E-state index is 0.100. The summed E-state index contributed by atoms with van der Waals surface area (Å²) in [5.74, 6) is 2.00. The molecule has 0 bridgehead atoms. The molecule has 0 unspecified atom stereocenters. The molecule has 28 heavy (non-hydrogen) atoms. The van der Waals surface area contributed by atoms with Gasteiger partial charge in [0.2, 0.25) is 5.91 Å². The van der Waals surface area contributed by atoms with Crippen molar-refractivity contribution in [2.45, 2.75) is 25.0 Å². The van der Waals surface area contributed by atoms with Crippen LogP contribution in [0.2, 0.25) is 0 Å². The summed E-state index contributed by atoms with van der Waals surface area (Å²) in [6.07, 6.45) is 0.914. The van der Waals surface area contributed by atoms with Gasteiger partial charge < -0.3 is 14.2 Å². The fourth-order valence-electron chi connectivity index (χ4n) is 3.46. The highest BCUT2D eigenvalue weighted by atomic mass is 32.2. The predicted molar refractivity (Wildman–Crippen MR) is 111 cm³/mol. The maximum atomic E-state index is 12.8. The van der Waals surface area contributed by atoms with Crippen LogP contribution in [0.3, 0.4) is 0 Å². The van der Waals surface area contributed by atoms with Crippen molar-refractivity contribution in [2.75, 3.05) is 24.3 Å². The molecule has 6 nitrogen and oxygen atoms in total. The number of carbonyl (C=O) groups excluding carboxylic acids is 1. The standard InChI is InChI=1S/C21H22N4O2S/c1-3-24-20(16-8-6-9-17(13-16)27-2)22-23-21(24)28-14-19(26)25-12-11-15-7-4-5-10-18(15)25/h4-10,13H,3,11-12,14H2,1-2H3. The Kier molecular flexibility index (Phi) is 5.34. The number of methoxy groups -OCH3 is 1. The summed E-state index contributed by atoms with van der Waals surface area (Å²) in [5.41, 5.74) is 3.21. The zero-order chi connectivity index (χ0) is 19.5. The third kappa shape index (κ3) is 3.49. The van der Waals surface area contributed by atoms with E-state index in [4.69, 9.17) is 4.74 Å². The van der Waals surface area contributed by atoms with Gasteiger partial charge in [-0.3, -0.25) is 4.79 Å². The third-order valence-electron chi connectivity index (χ3n) is 4.87. The molecule has 7 heteroatoms. The van der Waals surface area contributed by atoms with Crippen molar-refractivity contribution in [3.05, 3.63) is 54.1 Å². The quantitative estimate of drug-likeness (QED) is 0.597. The van der Waals surface area contributed by atoms with Gasteiger partial charge in [0, 0.05) is 24.3 Å². The lowest BCUT2D eigenvalue weighted by molar-refractivity contribution is -0.116. The number of carbonyl (C=O) groups is 1. The molecule has 1 aliphatic rings. The summed E-state index contributed by atoms with van der Waals surface area (Å²) in [6, 6.07) is 15.9. The van der Waals surface area contributed by atoms with E-state index >= 15 is 0 Å². The molecule has 0 saturated heterocycles. The molecular weight excluding hydrogens is 372 g/mol. The first-order chi connectivity index (χ1) is 13.7. The zero-order valence-corrected chi connectivity index (χ0v) is 16.8. The van der Waals surface area contributed by atoms with Gasteiger partial charge in [-0.25, -0.2) is 0 Å². The Hall–Kier alpha value is -2.80. The number of thioether (sulfide) groups is 1. The summed E-state index contributed by atoms with van der Waals surface area (Å²) >= 11 is 1.43. The van der Waals surface area contributed by atoms with Crippen molar-refractivity contribution in [1.82, 2.24) is 14.8 Å². The predicted octanol–water partition coefficient (Wildman–Crippen LogP) is 3.66. The van der Waals surface area contributed by atoms with E-state index in [1.807, 2.05) is 51.9 Å². The molecule has 144 valence electrons. The van der Waals surface area contributed by atoms with E-state index in [9.17, 15) is 4.79 Å². The van der Waals surface area contributed by atoms with Gasteiger partial charge in [-0.15, -0.1) is 10.2 Å². The number of fused-ring (bicyclic) bond motifs is 1. The van der Waals surface area contributed by atoms with Gasteiger partial charge in [-0.05, 0) is 37.1 Å². The maximum Gasteiger partial charge on any atom is 0.237 e. The minimum Gasteiger partial charge on any atom is -0.497 e. The number of hydrogen-bond donors (Lipinski definition) is 0. The largest absolute Gasteiger partial charge is 0.497 e. The summed E-state index contributed by atoms with van der Waals surface area (Å²) in [7, 11) is 1.65. The van der Waals surface area contributed by atoms with Gasteiger partial charge >= 0.3 is 0 Å². The molecule has 3 aromatic rings. The van der Waals surface area contributed by atoms with E-state index in [0.29, 0.717) is 5.75 Å². The summed E-state index contributed by atoms with van der Waals surface area (Å²) in [5, 5.41) is 9.43. The highest BCUT2D eigenvalue weighted by Gasteiger charge is 2.25. The summed E-state index contributed by atoms with van der Waals surface area (Å²) < 4.78 is 7.34. The second-order valence-corrected chi connectivity index (χ2v) is 7.44. The van der Waals surface area contributed by atoms with E-state index in [1.54, 1.807) is 7.11 Å². The van der Waals surface area contributed by atoms with E-state index in [1.165, 1.54) is 17.3 Å². The number of amides is 1. The van der Waals surface area contributed by atoms with Crippen molar-refractivity contribution in [3.63, 3.8) is 0 Å². The number of aromatic nitrogens is 3. The van der Waals surface area contributed by atoms with Gasteiger partial charge in [-0.1, -0.05) is 42.1 Å². The SMILES string of the molecule is CCn1c(SCC(=O)N2CCc3ccccc32)nnc1-c1cccc(OC)c1. The van der Waals surface area contributed by atoms with E-state index < -0.39 is 0 Å². The molecule has 0 N–H and O–H groups in total.